The lowest BCUT2D eigenvalue weighted by atomic mass is 10.1. The van der Waals surface area contributed by atoms with Crippen molar-refractivity contribution in [3.63, 3.8) is 0 Å². The van der Waals surface area contributed by atoms with Crippen LogP contribution in [0.1, 0.15) is 33.1 Å². The van der Waals surface area contributed by atoms with Gasteiger partial charge in [-0.3, -0.25) is 0 Å². The molecular weight excluding hydrogens is 204 g/mol. The molecule has 1 heterocycles. The Hall–Kier alpha value is -0.770. The number of hydrogen-bond donors (Lipinski definition) is 1. The molecule has 1 amide bonds. The smallest absolute Gasteiger partial charge is 0.409 e. The van der Waals surface area contributed by atoms with E-state index in [-0.39, 0.29) is 6.09 Å². The molecule has 0 bridgehead atoms. The van der Waals surface area contributed by atoms with E-state index in [0.29, 0.717) is 18.6 Å². The summed E-state index contributed by atoms with van der Waals surface area (Å²) in [7, 11) is 1.85. The third-order valence-corrected chi connectivity index (χ3v) is 2.92. The Balaban J connectivity index is 2.35. The van der Waals surface area contributed by atoms with Crippen molar-refractivity contribution < 1.29 is 9.53 Å². The van der Waals surface area contributed by atoms with Crippen LogP contribution in [-0.4, -0.2) is 43.8 Å². The molecule has 16 heavy (non-hydrogen) atoms. The van der Waals surface area contributed by atoms with Crippen LogP contribution in [-0.2, 0) is 4.74 Å². The predicted molar refractivity (Wildman–Crippen MR) is 64.5 cm³/mol. The predicted octanol–water partition coefficient (Wildman–Crippen LogP) is 1.85. The van der Waals surface area contributed by atoms with Crippen molar-refractivity contribution in [1.29, 1.82) is 0 Å². The first-order chi connectivity index (χ1) is 7.61. The Kier molecular flexibility index (Phi) is 5.60. The zero-order chi connectivity index (χ0) is 12.0. The molecule has 1 aliphatic rings. The van der Waals surface area contributed by atoms with Gasteiger partial charge in [0.05, 0.1) is 6.61 Å². The number of carbonyl (C=O) groups is 1. The second-order valence-electron chi connectivity index (χ2n) is 4.92. The third-order valence-electron chi connectivity index (χ3n) is 2.92. The number of rotatable bonds is 3. The first-order valence-corrected chi connectivity index (χ1v) is 6.21. The zero-order valence-corrected chi connectivity index (χ0v) is 10.7. The quantitative estimate of drug-likeness (QED) is 0.801. The molecule has 0 radical (unpaired) electrons. The lowest BCUT2D eigenvalue weighted by Crippen LogP contribution is -2.38. The highest BCUT2D eigenvalue weighted by Crippen LogP contribution is 2.13. The summed E-state index contributed by atoms with van der Waals surface area (Å²) in [6, 6.07) is 0.328. The van der Waals surface area contributed by atoms with Crippen molar-refractivity contribution in [2.45, 2.75) is 39.2 Å². The molecule has 1 N–H and O–H groups in total. The van der Waals surface area contributed by atoms with E-state index >= 15 is 0 Å². The Morgan fingerprint density at radius 1 is 1.44 bits per heavy atom. The van der Waals surface area contributed by atoms with E-state index in [1.807, 2.05) is 20.9 Å². The van der Waals surface area contributed by atoms with Gasteiger partial charge in [-0.05, 0) is 38.3 Å². The van der Waals surface area contributed by atoms with Gasteiger partial charge < -0.3 is 15.0 Å². The molecule has 0 aromatic rings. The van der Waals surface area contributed by atoms with Gasteiger partial charge in [0, 0.05) is 13.1 Å². The molecule has 1 unspecified atom stereocenters. The van der Waals surface area contributed by atoms with Gasteiger partial charge >= 0.3 is 6.09 Å². The summed E-state index contributed by atoms with van der Waals surface area (Å²) in [4.78, 5) is 13.5. The maximum absolute atomic E-state index is 11.7. The lowest BCUT2D eigenvalue weighted by molar-refractivity contribution is 0.0849. The van der Waals surface area contributed by atoms with Crippen LogP contribution in [0, 0.1) is 5.92 Å². The molecule has 1 fully saturated rings. The van der Waals surface area contributed by atoms with Gasteiger partial charge in [0.1, 0.15) is 0 Å². The van der Waals surface area contributed by atoms with Crippen molar-refractivity contribution in [1.82, 2.24) is 10.2 Å². The van der Waals surface area contributed by atoms with Gasteiger partial charge in [-0.2, -0.15) is 0 Å². The molecule has 1 rings (SSSR count). The summed E-state index contributed by atoms with van der Waals surface area (Å²) in [5.74, 6) is 0.396. The van der Waals surface area contributed by atoms with Crippen molar-refractivity contribution in [2.24, 2.45) is 5.92 Å². The third kappa shape index (κ3) is 4.39. The van der Waals surface area contributed by atoms with E-state index in [4.69, 9.17) is 4.74 Å². The van der Waals surface area contributed by atoms with Crippen LogP contribution in [0.5, 0.6) is 0 Å². The number of nitrogens with one attached hydrogen (secondary N) is 1. The van der Waals surface area contributed by atoms with Gasteiger partial charge in [-0.15, -0.1) is 0 Å². The topological polar surface area (TPSA) is 41.6 Å². The second kappa shape index (κ2) is 6.74. The normalized spacial score (nSPS) is 21.6. The Labute approximate surface area is 98.3 Å². The summed E-state index contributed by atoms with van der Waals surface area (Å²) in [6.45, 7) is 6.65. The molecule has 0 saturated carbocycles. The number of nitrogens with zero attached hydrogens (tertiary/aromatic N) is 1. The second-order valence-corrected chi connectivity index (χ2v) is 4.92. The largest absolute Gasteiger partial charge is 0.449 e. The number of carbonyl (C=O) groups excluding carboxylic acids is 1. The number of amides is 1. The van der Waals surface area contributed by atoms with Crippen LogP contribution in [0.15, 0.2) is 0 Å². The molecule has 0 spiro atoms. The van der Waals surface area contributed by atoms with Crippen molar-refractivity contribution in [3.05, 3.63) is 0 Å². The van der Waals surface area contributed by atoms with Gasteiger partial charge in [0.25, 0.3) is 0 Å². The minimum atomic E-state index is -0.180. The van der Waals surface area contributed by atoms with Crippen LogP contribution < -0.4 is 5.32 Å². The fourth-order valence-corrected chi connectivity index (χ4v) is 1.88. The van der Waals surface area contributed by atoms with Crippen LogP contribution in [0.2, 0.25) is 0 Å². The summed E-state index contributed by atoms with van der Waals surface area (Å²) in [6.07, 6.45) is 3.04. The minimum absolute atomic E-state index is 0.180. The van der Waals surface area contributed by atoms with Crippen molar-refractivity contribution in [3.8, 4) is 0 Å². The highest BCUT2D eigenvalue weighted by atomic mass is 16.6. The number of hydrogen-bond acceptors (Lipinski definition) is 3. The van der Waals surface area contributed by atoms with E-state index in [1.165, 1.54) is 0 Å². The molecular formula is C12H24N2O2. The monoisotopic (exact) mass is 228 g/mol. The summed E-state index contributed by atoms with van der Waals surface area (Å²) < 4.78 is 5.23. The van der Waals surface area contributed by atoms with Crippen LogP contribution in [0.3, 0.4) is 0 Å². The van der Waals surface area contributed by atoms with E-state index in [0.717, 1.165) is 32.4 Å². The maximum atomic E-state index is 11.7. The molecule has 1 atom stereocenters. The number of ether oxygens (including phenoxy) is 1. The molecule has 1 aliphatic heterocycles. The van der Waals surface area contributed by atoms with E-state index in [1.54, 1.807) is 4.90 Å². The Morgan fingerprint density at radius 2 is 2.19 bits per heavy atom. The minimum Gasteiger partial charge on any atom is -0.449 e. The van der Waals surface area contributed by atoms with Gasteiger partial charge in [0.2, 0.25) is 0 Å². The average molecular weight is 228 g/mol. The van der Waals surface area contributed by atoms with Crippen LogP contribution >= 0.6 is 0 Å². The molecule has 1 saturated heterocycles. The molecule has 0 aromatic heterocycles. The fraction of sp³-hybridized carbons (Fsp3) is 0.917. The van der Waals surface area contributed by atoms with Gasteiger partial charge in [-0.1, -0.05) is 13.8 Å². The molecule has 0 aliphatic carbocycles. The summed E-state index contributed by atoms with van der Waals surface area (Å²) in [5, 5.41) is 3.34. The summed E-state index contributed by atoms with van der Waals surface area (Å²) in [5.41, 5.74) is 0. The molecule has 0 aromatic carbocycles. The standard InChI is InChI=1S/C12H24N2O2/c1-10(2)9-16-12(15)14(3)11-5-4-7-13-8-6-11/h10-11,13H,4-9H2,1-3H3. The van der Waals surface area contributed by atoms with Gasteiger partial charge in [0.15, 0.2) is 0 Å². The highest BCUT2D eigenvalue weighted by molar-refractivity contribution is 5.67. The first kappa shape index (κ1) is 13.3. The summed E-state index contributed by atoms with van der Waals surface area (Å²) >= 11 is 0. The van der Waals surface area contributed by atoms with Crippen LogP contribution in [0.25, 0.3) is 0 Å². The fourth-order valence-electron chi connectivity index (χ4n) is 1.88. The van der Waals surface area contributed by atoms with Crippen LogP contribution in [0.4, 0.5) is 4.79 Å². The van der Waals surface area contributed by atoms with Crippen molar-refractivity contribution >= 4 is 6.09 Å². The molecule has 94 valence electrons. The SMILES string of the molecule is CC(C)COC(=O)N(C)C1CCCNCC1. The average Bonchev–Trinajstić information content (AvgIpc) is 2.53. The van der Waals surface area contributed by atoms with E-state index in [9.17, 15) is 4.79 Å². The maximum Gasteiger partial charge on any atom is 0.409 e. The Morgan fingerprint density at radius 3 is 2.88 bits per heavy atom. The van der Waals surface area contributed by atoms with Crippen molar-refractivity contribution in [2.75, 3.05) is 26.7 Å². The van der Waals surface area contributed by atoms with E-state index in [2.05, 4.69) is 5.32 Å². The first-order valence-electron chi connectivity index (χ1n) is 6.21. The van der Waals surface area contributed by atoms with E-state index < -0.39 is 0 Å². The Bertz CT molecular complexity index is 211. The molecule has 4 nitrogen and oxygen atoms in total. The molecule has 4 heteroatoms. The lowest BCUT2D eigenvalue weighted by Gasteiger charge is -2.26. The van der Waals surface area contributed by atoms with Gasteiger partial charge in [-0.25, -0.2) is 4.79 Å². The highest BCUT2D eigenvalue weighted by Gasteiger charge is 2.22. The zero-order valence-electron chi connectivity index (χ0n) is 10.7.